The van der Waals surface area contributed by atoms with Gasteiger partial charge >= 0.3 is 0 Å². The van der Waals surface area contributed by atoms with Crippen molar-refractivity contribution >= 4 is 35.4 Å². The van der Waals surface area contributed by atoms with Crippen molar-refractivity contribution in [1.29, 1.82) is 0 Å². The molecule has 3 heterocycles. The second-order valence-corrected chi connectivity index (χ2v) is 8.46. The number of hydrogen-bond acceptors (Lipinski definition) is 6. The molecule has 11 heteroatoms. The van der Waals surface area contributed by atoms with E-state index in [4.69, 9.17) is 5.73 Å². The summed E-state index contributed by atoms with van der Waals surface area (Å²) in [6, 6.07) is 4.62. The molecule has 1 aromatic carbocycles. The highest BCUT2D eigenvalue weighted by atomic mass is 32.2. The minimum Gasteiger partial charge on any atom is -0.368 e. The molecule has 0 saturated carbocycles. The summed E-state index contributed by atoms with van der Waals surface area (Å²) in [6.07, 6.45) is 3.53. The Bertz CT molecular complexity index is 1010. The second-order valence-electron chi connectivity index (χ2n) is 7.46. The minimum absolute atomic E-state index is 0.161. The van der Waals surface area contributed by atoms with Crippen LogP contribution >= 0.6 is 11.8 Å². The number of carbonyl (C=O) groups excluding carboxylic acids is 4. The van der Waals surface area contributed by atoms with Crippen LogP contribution in [-0.4, -0.2) is 68.3 Å². The Hall–Kier alpha value is -3.34. The van der Waals surface area contributed by atoms with E-state index in [1.54, 1.807) is 24.4 Å². The Kier molecular flexibility index (Phi) is 5.94. The average Bonchev–Trinajstić information content (AvgIpc) is 3.45. The first kappa shape index (κ1) is 20.9. The van der Waals surface area contributed by atoms with Crippen LogP contribution < -0.4 is 16.4 Å². The fourth-order valence-corrected chi connectivity index (χ4v) is 4.95. The number of thioether (sulfide) groups is 1. The van der Waals surface area contributed by atoms with Crippen LogP contribution in [0.15, 0.2) is 36.8 Å². The van der Waals surface area contributed by atoms with Crippen molar-refractivity contribution in [2.45, 2.75) is 31.0 Å². The largest absolute Gasteiger partial charge is 0.368 e. The Morgan fingerprint density at radius 2 is 2.13 bits per heavy atom. The molecule has 5 N–H and O–H groups in total. The lowest BCUT2D eigenvalue weighted by Crippen LogP contribution is -2.58. The Morgan fingerprint density at radius 1 is 1.32 bits per heavy atom. The van der Waals surface area contributed by atoms with Crippen molar-refractivity contribution in [3.05, 3.63) is 53.6 Å². The lowest BCUT2D eigenvalue weighted by atomic mass is 9.94. The minimum atomic E-state index is -0.942. The number of amides is 4. The maximum absolute atomic E-state index is 13.2. The van der Waals surface area contributed by atoms with Crippen molar-refractivity contribution in [2.24, 2.45) is 5.73 Å². The lowest BCUT2D eigenvalue weighted by Gasteiger charge is -2.29. The van der Waals surface area contributed by atoms with E-state index in [0.717, 1.165) is 5.56 Å². The number of aromatic nitrogens is 2. The fraction of sp³-hybridized carbons (Fsp3) is 0.350. The van der Waals surface area contributed by atoms with Crippen LogP contribution in [0, 0.1) is 0 Å². The van der Waals surface area contributed by atoms with Gasteiger partial charge in [-0.05, 0) is 11.6 Å². The van der Waals surface area contributed by atoms with Crippen LogP contribution in [0.4, 0.5) is 0 Å². The van der Waals surface area contributed by atoms with E-state index in [1.807, 2.05) is 6.07 Å². The normalized spacial score (nSPS) is 21.2. The van der Waals surface area contributed by atoms with Gasteiger partial charge in [-0.1, -0.05) is 18.2 Å². The highest BCUT2D eigenvalue weighted by molar-refractivity contribution is 7.99. The number of hydrogen-bond donors (Lipinski definition) is 4. The van der Waals surface area contributed by atoms with Crippen LogP contribution in [0.25, 0.3) is 0 Å². The van der Waals surface area contributed by atoms with Gasteiger partial charge in [-0.15, -0.1) is 11.8 Å². The topological polar surface area (TPSA) is 150 Å². The Labute approximate surface area is 182 Å². The van der Waals surface area contributed by atoms with E-state index in [2.05, 4.69) is 20.6 Å². The number of nitrogens with zero attached hydrogens (tertiary/aromatic N) is 2. The third-order valence-corrected chi connectivity index (χ3v) is 6.41. The number of fused-ring (bicyclic) bond motifs is 1. The number of aromatic amines is 1. The molecule has 1 fully saturated rings. The zero-order chi connectivity index (χ0) is 22.0. The zero-order valence-electron chi connectivity index (χ0n) is 16.5. The van der Waals surface area contributed by atoms with Gasteiger partial charge in [0, 0.05) is 36.0 Å². The second kappa shape index (κ2) is 8.80. The summed E-state index contributed by atoms with van der Waals surface area (Å²) >= 11 is 1.43. The molecule has 3 atom stereocenters. The first-order chi connectivity index (χ1) is 14.9. The van der Waals surface area contributed by atoms with Crippen LogP contribution in [0.3, 0.4) is 0 Å². The number of rotatable bonds is 6. The molecule has 0 unspecified atom stereocenters. The summed E-state index contributed by atoms with van der Waals surface area (Å²) < 4.78 is 0. The van der Waals surface area contributed by atoms with Crippen molar-refractivity contribution in [3.63, 3.8) is 0 Å². The van der Waals surface area contributed by atoms with E-state index in [1.165, 1.54) is 23.0 Å². The fourth-order valence-electron chi connectivity index (χ4n) is 3.77. The molecule has 2 aliphatic rings. The summed E-state index contributed by atoms with van der Waals surface area (Å²) in [6.45, 7) is 0. The quantitative estimate of drug-likeness (QED) is 0.459. The molecule has 10 nitrogen and oxygen atoms in total. The summed E-state index contributed by atoms with van der Waals surface area (Å²) in [5.41, 5.74) is 7.40. The molecule has 2 aromatic rings. The number of nitrogens with one attached hydrogen (secondary N) is 3. The summed E-state index contributed by atoms with van der Waals surface area (Å²) in [4.78, 5) is 58.6. The van der Waals surface area contributed by atoms with E-state index >= 15 is 0 Å². The Morgan fingerprint density at radius 3 is 2.87 bits per heavy atom. The molecule has 0 bridgehead atoms. The third-order valence-electron chi connectivity index (χ3n) is 5.40. The van der Waals surface area contributed by atoms with E-state index in [9.17, 15) is 19.2 Å². The van der Waals surface area contributed by atoms with Crippen molar-refractivity contribution in [2.75, 3.05) is 11.6 Å². The van der Waals surface area contributed by atoms with Crippen molar-refractivity contribution < 1.29 is 19.2 Å². The predicted molar refractivity (Wildman–Crippen MR) is 113 cm³/mol. The third kappa shape index (κ3) is 4.41. The number of carbonyl (C=O) groups is 4. The number of H-pyrrole nitrogens is 1. The molecule has 4 amide bonds. The van der Waals surface area contributed by atoms with Gasteiger partial charge in [0.25, 0.3) is 5.91 Å². The predicted octanol–water partition coefficient (Wildman–Crippen LogP) is -0.821. The number of primary amides is 1. The molecule has 0 spiro atoms. The van der Waals surface area contributed by atoms with Gasteiger partial charge in [-0.25, -0.2) is 4.98 Å². The summed E-state index contributed by atoms with van der Waals surface area (Å²) in [5.74, 6) is -1.05. The zero-order valence-corrected chi connectivity index (χ0v) is 17.4. The molecule has 1 aromatic heterocycles. The smallest absolute Gasteiger partial charge is 0.252 e. The van der Waals surface area contributed by atoms with Crippen LogP contribution in [0.2, 0.25) is 0 Å². The Balaban J connectivity index is 1.52. The van der Waals surface area contributed by atoms with Gasteiger partial charge in [0.15, 0.2) is 0 Å². The molecular formula is C20H22N6O4S. The van der Waals surface area contributed by atoms with Gasteiger partial charge < -0.3 is 26.3 Å². The summed E-state index contributed by atoms with van der Waals surface area (Å²) in [5, 5.41) is 5.46. The maximum atomic E-state index is 13.2. The highest BCUT2D eigenvalue weighted by Gasteiger charge is 2.38. The van der Waals surface area contributed by atoms with E-state index in [0.29, 0.717) is 29.3 Å². The molecule has 162 valence electrons. The van der Waals surface area contributed by atoms with Gasteiger partial charge in [-0.3, -0.25) is 19.2 Å². The van der Waals surface area contributed by atoms with Gasteiger partial charge in [0.1, 0.15) is 18.1 Å². The lowest BCUT2D eigenvalue weighted by molar-refractivity contribution is -0.140. The first-order valence-electron chi connectivity index (χ1n) is 9.78. The molecule has 2 aliphatic heterocycles. The van der Waals surface area contributed by atoms with Crippen LogP contribution in [-0.2, 0) is 27.2 Å². The van der Waals surface area contributed by atoms with E-state index < -0.39 is 35.8 Å². The van der Waals surface area contributed by atoms with Crippen molar-refractivity contribution in [3.8, 4) is 0 Å². The standard InChI is InChI=1S/C20H22N6O4S/c21-17(27)16-8-31-10-26(16)20(30)15(6-12-7-22-9-23-12)25-19(29)14-5-11-3-1-2-4-13(11)18(28)24-14/h1-4,7,9,14-16H,5-6,8,10H2,(H2,21,27)(H,22,23)(H,24,28)(H,25,29)/t14-,15-,16-/m0/s1. The molecule has 1 saturated heterocycles. The monoisotopic (exact) mass is 442 g/mol. The van der Waals surface area contributed by atoms with Gasteiger partial charge in [0.05, 0.1) is 12.2 Å². The molecule has 0 aliphatic carbocycles. The summed E-state index contributed by atoms with van der Waals surface area (Å²) in [7, 11) is 0. The van der Waals surface area contributed by atoms with Crippen LogP contribution in [0.5, 0.6) is 0 Å². The highest BCUT2D eigenvalue weighted by Crippen LogP contribution is 2.22. The van der Waals surface area contributed by atoms with Crippen LogP contribution in [0.1, 0.15) is 21.6 Å². The number of imidazole rings is 1. The van der Waals surface area contributed by atoms with Gasteiger partial charge in [-0.2, -0.15) is 0 Å². The molecule has 31 heavy (non-hydrogen) atoms. The number of nitrogens with two attached hydrogens (primary N) is 1. The number of benzene rings is 1. The maximum Gasteiger partial charge on any atom is 0.252 e. The molecular weight excluding hydrogens is 420 g/mol. The SMILES string of the molecule is NC(=O)[C@@H]1CSCN1C(=O)[C@H](Cc1cnc[nH]1)NC(=O)[C@@H]1Cc2ccccc2C(=O)N1. The van der Waals surface area contributed by atoms with Crippen molar-refractivity contribution in [1.82, 2.24) is 25.5 Å². The first-order valence-corrected chi connectivity index (χ1v) is 10.9. The molecule has 0 radical (unpaired) electrons. The molecule has 4 rings (SSSR count). The van der Waals surface area contributed by atoms with Gasteiger partial charge in [0.2, 0.25) is 17.7 Å². The van der Waals surface area contributed by atoms with E-state index in [-0.39, 0.29) is 12.3 Å². The average molecular weight is 443 g/mol.